The number of hydrogen-bond donors (Lipinski definition) is 1. The Balaban J connectivity index is 4.73. The van der Waals surface area contributed by atoms with Gasteiger partial charge in [0.05, 0.1) is 68.7 Å². The second-order valence-corrected chi connectivity index (χ2v) is 14.8. The number of alkyl carbamates (subject to hydrolysis) is 1. The van der Waals surface area contributed by atoms with Crippen LogP contribution in [0.2, 0.25) is 0 Å². The van der Waals surface area contributed by atoms with Crippen molar-refractivity contribution in [2.24, 2.45) is 0 Å². The van der Waals surface area contributed by atoms with E-state index in [1.165, 1.54) is 0 Å². The minimum Gasteiger partial charge on any atom is -0.444 e. The minimum atomic E-state index is -0.499. The van der Waals surface area contributed by atoms with E-state index in [0.717, 1.165) is 25.7 Å². The summed E-state index contributed by atoms with van der Waals surface area (Å²) >= 11 is 0. The lowest BCUT2D eigenvalue weighted by atomic mass is 9.98. The second-order valence-electron chi connectivity index (χ2n) is 14.8. The van der Waals surface area contributed by atoms with Gasteiger partial charge in [-0.3, -0.25) is 0 Å². The van der Waals surface area contributed by atoms with E-state index in [0.29, 0.717) is 65.6 Å². The maximum atomic E-state index is 11.9. The Bertz CT molecular complexity index is 769. The summed E-state index contributed by atoms with van der Waals surface area (Å²) in [5.41, 5.74) is -1.75. The van der Waals surface area contributed by atoms with Crippen molar-refractivity contribution in [3.63, 3.8) is 0 Å². The highest BCUT2D eigenvalue weighted by Crippen LogP contribution is 2.27. The first-order valence-electron chi connectivity index (χ1n) is 17.0. The molecule has 0 radical (unpaired) electrons. The van der Waals surface area contributed by atoms with Crippen molar-refractivity contribution in [1.29, 1.82) is 0 Å². The molecule has 11 heteroatoms. The zero-order valence-electron chi connectivity index (χ0n) is 31.7. The normalized spacial score (nSPS) is 15.1. The van der Waals surface area contributed by atoms with Gasteiger partial charge in [0, 0.05) is 40.9 Å². The first-order chi connectivity index (χ1) is 21.4. The Morgan fingerprint density at radius 2 is 1.26 bits per heavy atom. The van der Waals surface area contributed by atoms with Crippen molar-refractivity contribution in [2.45, 2.75) is 148 Å². The van der Waals surface area contributed by atoms with E-state index in [9.17, 15) is 4.79 Å². The third-order valence-electron chi connectivity index (χ3n) is 7.21. The molecule has 276 valence electrons. The highest BCUT2D eigenvalue weighted by atomic mass is 16.6. The predicted molar refractivity (Wildman–Crippen MR) is 182 cm³/mol. The van der Waals surface area contributed by atoms with E-state index in [-0.39, 0.29) is 24.4 Å². The van der Waals surface area contributed by atoms with Gasteiger partial charge in [0.2, 0.25) is 0 Å². The number of rotatable bonds is 28. The molecule has 0 rings (SSSR count). The van der Waals surface area contributed by atoms with Gasteiger partial charge in [-0.15, -0.1) is 0 Å². The maximum Gasteiger partial charge on any atom is 0.407 e. The van der Waals surface area contributed by atoms with Crippen LogP contribution in [-0.4, -0.2) is 121 Å². The van der Waals surface area contributed by atoms with Crippen LogP contribution < -0.4 is 5.32 Å². The molecule has 0 aromatic rings. The monoisotopic (exact) mass is 666 g/mol. The largest absolute Gasteiger partial charge is 0.444 e. The van der Waals surface area contributed by atoms with Crippen molar-refractivity contribution >= 4 is 6.09 Å². The van der Waals surface area contributed by atoms with E-state index in [2.05, 4.69) is 53.8 Å². The lowest BCUT2D eigenvalue weighted by Crippen LogP contribution is -2.41. The molecule has 0 saturated carbocycles. The average Bonchev–Trinajstić information content (AvgIpc) is 2.90. The molecule has 0 heterocycles. The summed E-state index contributed by atoms with van der Waals surface area (Å²) in [4.78, 5) is 11.9. The van der Waals surface area contributed by atoms with E-state index in [1.807, 2.05) is 20.8 Å². The Morgan fingerprint density at radius 1 is 0.674 bits per heavy atom. The third-order valence-corrected chi connectivity index (χ3v) is 7.21. The molecule has 0 aromatic carbocycles. The molecular weight excluding hydrogens is 594 g/mol. The maximum absolute atomic E-state index is 11.9. The summed E-state index contributed by atoms with van der Waals surface area (Å²) in [6, 6.07) is 0. The smallest absolute Gasteiger partial charge is 0.407 e. The van der Waals surface area contributed by atoms with Gasteiger partial charge >= 0.3 is 6.09 Å². The number of ether oxygens (including phenoxy) is 9. The van der Waals surface area contributed by atoms with Crippen molar-refractivity contribution in [3.8, 4) is 0 Å². The molecule has 3 atom stereocenters. The molecule has 11 nitrogen and oxygen atoms in total. The quantitative estimate of drug-likeness (QED) is 0.0951. The van der Waals surface area contributed by atoms with E-state index in [4.69, 9.17) is 42.6 Å². The van der Waals surface area contributed by atoms with Crippen molar-refractivity contribution in [3.05, 3.63) is 0 Å². The molecule has 0 spiro atoms. The van der Waals surface area contributed by atoms with Crippen LogP contribution in [0.1, 0.15) is 108 Å². The average molecular weight is 666 g/mol. The summed E-state index contributed by atoms with van der Waals surface area (Å²) in [5, 5.41) is 2.82. The van der Waals surface area contributed by atoms with E-state index in [1.54, 1.807) is 21.3 Å². The number of carbonyl (C=O) groups excluding carboxylic acids is 1. The van der Waals surface area contributed by atoms with Gasteiger partial charge in [-0.2, -0.15) is 0 Å². The van der Waals surface area contributed by atoms with Crippen LogP contribution >= 0.6 is 0 Å². The van der Waals surface area contributed by atoms with Crippen LogP contribution in [0.25, 0.3) is 0 Å². The number of methoxy groups -OCH3 is 3. The van der Waals surface area contributed by atoms with Gasteiger partial charge in [-0.05, 0) is 94.4 Å². The van der Waals surface area contributed by atoms with E-state index < -0.39 is 22.4 Å². The number of carbonyl (C=O) groups is 1. The summed E-state index contributed by atoms with van der Waals surface area (Å²) < 4.78 is 52.3. The highest BCUT2D eigenvalue weighted by molar-refractivity contribution is 5.67. The molecule has 0 fully saturated rings. The molecule has 0 bridgehead atoms. The zero-order chi connectivity index (χ0) is 35.3. The molecule has 0 saturated heterocycles. The first-order valence-corrected chi connectivity index (χ1v) is 17.0. The molecule has 0 aliphatic heterocycles. The first kappa shape index (κ1) is 45.0. The van der Waals surface area contributed by atoms with Crippen LogP contribution in [0.5, 0.6) is 0 Å². The molecule has 0 aliphatic rings. The van der Waals surface area contributed by atoms with Crippen LogP contribution in [0, 0.1) is 0 Å². The molecule has 1 amide bonds. The highest BCUT2D eigenvalue weighted by Gasteiger charge is 2.31. The summed E-state index contributed by atoms with van der Waals surface area (Å²) in [5.74, 6) is 0. The summed E-state index contributed by atoms with van der Waals surface area (Å²) in [6.07, 6.45) is 4.14. The number of nitrogens with one attached hydrogen (secondary N) is 1. The zero-order valence-corrected chi connectivity index (χ0v) is 31.7. The second kappa shape index (κ2) is 23.3. The minimum absolute atomic E-state index is 0.125. The van der Waals surface area contributed by atoms with Crippen LogP contribution in [0.15, 0.2) is 0 Å². The standard InChI is InChI=1S/C35H71NO10/c1-14-28(16-15-19-36-31(37)46-32(2,3)4)42-20-17-33(5,6)44-29(25-39-12)24-35(9,10)43-21-18-34(7,8)45-30(26-40-13)27-41-23-22-38-11/h28-30H,14-27H2,1-13H3,(H,36,37). The summed E-state index contributed by atoms with van der Waals surface area (Å²) in [7, 11) is 5.01. The Kier molecular flexibility index (Phi) is 22.8. The fraction of sp³-hybridized carbons (Fsp3) is 0.971. The van der Waals surface area contributed by atoms with Gasteiger partial charge < -0.3 is 47.9 Å². The molecule has 3 unspecified atom stereocenters. The van der Waals surface area contributed by atoms with Gasteiger partial charge in [0.25, 0.3) is 0 Å². The SMILES string of the molecule is CCC(CCCNC(=O)OC(C)(C)C)OCCC(C)(C)OC(COC)CC(C)(C)OCCC(C)(C)OC(COC)COCCOC. The lowest BCUT2D eigenvalue weighted by molar-refractivity contribution is -0.153. The Morgan fingerprint density at radius 3 is 1.83 bits per heavy atom. The number of amides is 1. The fourth-order valence-corrected chi connectivity index (χ4v) is 4.89. The van der Waals surface area contributed by atoms with Crippen LogP contribution in [-0.2, 0) is 42.6 Å². The van der Waals surface area contributed by atoms with Crippen molar-refractivity contribution in [2.75, 3.05) is 74.1 Å². The molecule has 0 aliphatic carbocycles. The molecule has 1 N–H and O–H groups in total. The van der Waals surface area contributed by atoms with Gasteiger partial charge in [-0.25, -0.2) is 4.79 Å². The van der Waals surface area contributed by atoms with Gasteiger partial charge in [-0.1, -0.05) is 6.92 Å². The molecule has 46 heavy (non-hydrogen) atoms. The van der Waals surface area contributed by atoms with Gasteiger partial charge in [0.1, 0.15) is 11.7 Å². The Hall–Kier alpha value is -1.05. The van der Waals surface area contributed by atoms with Crippen molar-refractivity contribution < 1.29 is 47.4 Å². The van der Waals surface area contributed by atoms with Crippen molar-refractivity contribution in [1.82, 2.24) is 5.32 Å². The van der Waals surface area contributed by atoms with E-state index >= 15 is 0 Å². The molecular formula is C35H71NO10. The van der Waals surface area contributed by atoms with Crippen LogP contribution in [0.4, 0.5) is 4.79 Å². The molecule has 0 aromatic heterocycles. The topological polar surface area (TPSA) is 112 Å². The van der Waals surface area contributed by atoms with Crippen LogP contribution in [0.3, 0.4) is 0 Å². The predicted octanol–water partition coefficient (Wildman–Crippen LogP) is 6.34. The summed E-state index contributed by atoms with van der Waals surface area (Å²) in [6.45, 7) is 24.3. The third kappa shape index (κ3) is 25.0. The fourth-order valence-electron chi connectivity index (χ4n) is 4.89. The number of hydrogen-bond acceptors (Lipinski definition) is 10. The Labute approximate surface area is 281 Å². The lowest BCUT2D eigenvalue weighted by Gasteiger charge is -2.36. The van der Waals surface area contributed by atoms with Gasteiger partial charge in [0.15, 0.2) is 0 Å².